The number of hydrogen-bond donors (Lipinski definition) is 0. The van der Waals surface area contributed by atoms with E-state index in [0.29, 0.717) is 35.3 Å². The monoisotopic (exact) mass is 398 g/mol. The highest BCUT2D eigenvalue weighted by atomic mass is 35.5. The Balaban J connectivity index is 1.44. The molecular formula is C21H19ClN2O4. The predicted octanol–water partition coefficient (Wildman–Crippen LogP) is 4.48. The van der Waals surface area contributed by atoms with Crippen molar-refractivity contribution in [1.82, 2.24) is 4.98 Å². The maximum Gasteiger partial charge on any atom is 0.167 e. The van der Waals surface area contributed by atoms with Gasteiger partial charge in [-0.3, -0.25) is 4.98 Å². The van der Waals surface area contributed by atoms with Gasteiger partial charge < -0.3 is 19.0 Å². The number of ether oxygens (including phenoxy) is 3. The Morgan fingerprint density at radius 1 is 1.07 bits per heavy atom. The first kappa shape index (κ1) is 18.4. The van der Waals surface area contributed by atoms with Crippen molar-refractivity contribution in [3.63, 3.8) is 0 Å². The summed E-state index contributed by atoms with van der Waals surface area (Å²) in [5, 5.41) is 5.71. The van der Waals surface area contributed by atoms with Crippen molar-refractivity contribution in [2.45, 2.75) is 12.5 Å². The van der Waals surface area contributed by atoms with Gasteiger partial charge in [-0.05, 0) is 42.5 Å². The van der Waals surface area contributed by atoms with E-state index in [1.165, 1.54) is 0 Å². The summed E-state index contributed by atoms with van der Waals surface area (Å²) >= 11 is 6.23. The van der Waals surface area contributed by atoms with Crippen LogP contribution in [-0.4, -0.2) is 37.6 Å². The molecule has 1 aliphatic heterocycles. The number of oxime groups is 1. The number of halogens is 1. The zero-order chi connectivity index (χ0) is 19.5. The molecular weight excluding hydrogens is 380 g/mol. The molecule has 28 heavy (non-hydrogen) atoms. The van der Waals surface area contributed by atoms with E-state index in [4.69, 9.17) is 30.6 Å². The number of nitrogens with zero attached hydrogens (tertiary/aromatic N) is 2. The van der Waals surface area contributed by atoms with E-state index >= 15 is 0 Å². The molecule has 0 unspecified atom stereocenters. The van der Waals surface area contributed by atoms with Gasteiger partial charge in [0.05, 0.1) is 25.0 Å². The third-order valence-electron chi connectivity index (χ3n) is 4.55. The topological polar surface area (TPSA) is 62.2 Å². The Bertz CT molecular complexity index is 1040. The van der Waals surface area contributed by atoms with Gasteiger partial charge in [-0.1, -0.05) is 16.8 Å². The summed E-state index contributed by atoms with van der Waals surface area (Å²) in [5.74, 6) is 2.00. The minimum Gasteiger partial charge on any atom is -0.493 e. The first-order valence-electron chi connectivity index (χ1n) is 8.80. The Morgan fingerprint density at radius 3 is 2.71 bits per heavy atom. The zero-order valence-electron chi connectivity index (χ0n) is 15.5. The van der Waals surface area contributed by atoms with Gasteiger partial charge in [0.2, 0.25) is 0 Å². The molecule has 4 rings (SSSR count). The average Bonchev–Trinajstić information content (AvgIpc) is 3.22. The molecule has 0 aliphatic carbocycles. The van der Waals surface area contributed by atoms with E-state index in [2.05, 4.69) is 10.1 Å². The quantitative estimate of drug-likeness (QED) is 0.612. The third-order valence-corrected chi connectivity index (χ3v) is 4.88. The van der Waals surface area contributed by atoms with Gasteiger partial charge in [0.15, 0.2) is 17.6 Å². The fraction of sp³-hybridized carbons (Fsp3) is 0.238. The smallest absolute Gasteiger partial charge is 0.167 e. The molecule has 0 amide bonds. The van der Waals surface area contributed by atoms with E-state index in [1.54, 1.807) is 20.4 Å². The second-order valence-electron chi connectivity index (χ2n) is 6.30. The second-order valence-corrected chi connectivity index (χ2v) is 6.70. The third kappa shape index (κ3) is 3.55. The Hall–Kier alpha value is -2.99. The maximum absolute atomic E-state index is 6.23. The van der Waals surface area contributed by atoms with Crippen LogP contribution in [0.5, 0.6) is 17.2 Å². The van der Waals surface area contributed by atoms with E-state index in [1.807, 2.05) is 42.5 Å². The molecule has 1 aliphatic rings. The largest absolute Gasteiger partial charge is 0.493 e. The number of aromatic nitrogens is 1. The average molecular weight is 399 g/mol. The predicted molar refractivity (Wildman–Crippen MR) is 108 cm³/mol. The zero-order valence-corrected chi connectivity index (χ0v) is 16.3. The summed E-state index contributed by atoms with van der Waals surface area (Å²) in [4.78, 5) is 9.93. The van der Waals surface area contributed by atoms with Gasteiger partial charge >= 0.3 is 0 Å². The molecule has 0 fully saturated rings. The SMILES string of the molecule is COc1ccc(C2=NO[C@@H](COc3ccc(Cl)c4cccnc34)C2)cc1OC. The van der Waals surface area contributed by atoms with Crippen LogP contribution in [0.15, 0.2) is 53.8 Å². The van der Waals surface area contributed by atoms with Gasteiger partial charge in [0.25, 0.3) is 0 Å². The first-order valence-corrected chi connectivity index (χ1v) is 9.18. The molecule has 1 aromatic heterocycles. The van der Waals surface area contributed by atoms with Crippen molar-refractivity contribution < 1.29 is 19.0 Å². The van der Waals surface area contributed by atoms with Crippen molar-refractivity contribution in [2.24, 2.45) is 5.16 Å². The van der Waals surface area contributed by atoms with Gasteiger partial charge in [0, 0.05) is 23.6 Å². The normalized spacial score (nSPS) is 15.8. The highest BCUT2D eigenvalue weighted by molar-refractivity contribution is 6.35. The number of benzene rings is 2. The van der Waals surface area contributed by atoms with Crippen LogP contribution in [0.3, 0.4) is 0 Å². The van der Waals surface area contributed by atoms with Gasteiger partial charge in [-0.15, -0.1) is 0 Å². The van der Waals surface area contributed by atoms with Crippen molar-refractivity contribution in [3.05, 3.63) is 59.2 Å². The molecule has 0 radical (unpaired) electrons. The van der Waals surface area contributed by atoms with Gasteiger partial charge in [0.1, 0.15) is 17.9 Å². The molecule has 7 heteroatoms. The van der Waals surface area contributed by atoms with E-state index in [-0.39, 0.29) is 6.10 Å². The van der Waals surface area contributed by atoms with Crippen LogP contribution < -0.4 is 14.2 Å². The van der Waals surface area contributed by atoms with Crippen LogP contribution in [0.2, 0.25) is 5.02 Å². The standard InChI is InChI=1S/C21H19ClN2O4/c1-25-18-7-5-13(10-20(18)26-2)17-11-14(28-24-17)12-27-19-8-6-16(22)15-4-3-9-23-21(15)19/h3-10,14H,11-12H2,1-2H3/t14-/m1/s1. The summed E-state index contributed by atoms with van der Waals surface area (Å²) in [5.41, 5.74) is 2.50. The van der Waals surface area contributed by atoms with E-state index < -0.39 is 0 Å². The second kappa shape index (κ2) is 7.94. The van der Waals surface area contributed by atoms with Crippen molar-refractivity contribution in [3.8, 4) is 17.2 Å². The number of hydrogen-bond acceptors (Lipinski definition) is 6. The fourth-order valence-electron chi connectivity index (χ4n) is 3.12. The Morgan fingerprint density at radius 2 is 1.89 bits per heavy atom. The lowest BCUT2D eigenvalue weighted by Crippen LogP contribution is -2.18. The van der Waals surface area contributed by atoms with Crippen LogP contribution >= 0.6 is 11.6 Å². The summed E-state index contributed by atoms with van der Waals surface area (Å²) in [6.07, 6.45) is 2.17. The molecule has 0 N–H and O–H groups in total. The fourth-order valence-corrected chi connectivity index (χ4v) is 3.33. The first-order chi connectivity index (χ1) is 13.7. The summed E-state index contributed by atoms with van der Waals surface area (Å²) in [7, 11) is 3.21. The van der Waals surface area contributed by atoms with Crippen LogP contribution in [-0.2, 0) is 4.84 Å². The Kier molecular flexibility index (Phi) is 5.21. The maximum atomic E-state index is 6.23. The highest BCUT2D eigenvalue weighted by Gasteiger charge is 2.24. The van der Waals surface area contributed by atoms with Crippen molar-refractivity contribution in [2.75, 3.05) is 20.8 Å². The molecule has 0 saturated heterocycles. The lowest BCUT2D eigenvalue weighted by atomic mass is 10.0. The molecule has 2 aromatic carbocycles. The minimum atomic E-state index is -0.183. The molecule has 2 heterocycles. The van der Waals surface area contributed by atoms with Crippen LogP contribution in [0.1, 0.15) is 12.0 Å². The molecule has 0 spiro atoms. The van der Waals surface area contributed by atoms with Crippen LogP contribution in [0, 0.1) is 0 Å². The van der Waals surface area contributed by atoms with Crippen molar-refractivity contribution >= 4 is 28.2 Å². The lowest BCUT2D eigenvalue weighted by molar-refractivity contribution is 0.0475. The molecule has 0 saturated carbocycles. The van der Waals surface area contributed by atoms with E-state index in [9.17, 15) is 0 Å². The Labute approximate surface area is 167 Å². The molecule has 6 nitrogen and oxygen atoms in total. The van der Waals surface area contributed by atoms with E-state index in [0.717, 1.165) is 22.2 Å². The number of fused-ring (bicyclic) bond motifs is 1. The molecule has 3 aromatic rings. The molecule has 1 atom stereocenters. The highest BCUT2D eigenvalue weighted by Crippen LogP contribution is 2.31. The van der Waals surface area contributed by atoms with Crippen LogP contribution in [0.4, 0.5) is 0 Å². The van der Waals surface area contributed by atoms with Crippen LogP contribution in [0.25, 0.3) is 10.9 Å². The number of methoxy groups -OCH3 is 2. The molecule has 0 bridgehead atoms. The minimum absolute atomic E-state index is 0.183. The summed E-state index contributed by atoms with van der Waals surface area (Å²) < 4.78 is 16.6. The van der Waals surface area contributed by atoms with Gasteiger partial charge in [-0.25, -0.2) is 0 Å². The summed E-state index contributed by atoms with van der Waals surface area (Å²) in [6, 6.07) is 13.1. The lowest BCUT2D eigenvalue weighted by Gasteiger charge is -2.12. The van der Waals surface area contributed by atoms with Gasteiger partial charge in [-0.2, -0.15) is 0 Å². The van der Waals surface area contributed by atoms with Crippen molar-refractivity contribution in [1.29, 1.82) is 0 Å². The summed E-state index contributed by atoms with van der Waals surface area (Å²) in [6.45, 7) is 0.355. The molecule has 144 valence electrons. The number of pyridine rings is 1. The number of rotatable bonds is 6.